The third-order valence-electron chi connectivity index (χ3n) is 5.32. The summed E-state index contributed by atoms with van der Waals surface area (Å²) in [5, 5.41) is 0. The molecule has 1 aromatic carbocycles. The minimum absolute atomic E-state index is 0.0126. The first kappa shape index (κ1) is 17.5. The molecule has 3 heterocycles. The van der Waals surface area contributed by atoms with Crippen LogP contribution >= 0.6 is 0 Å². The Morgan fingerprint density at radius 1 is 1.22 bits per heavy atom. The van der Waals surface area contributed by atoms with Crippen molar-refractivity contribution >= 4 is 17.7 Å². The van der Waals surface area contributed by atoms with Crippen LogP contribution in [0.3, 0.4) is 0 Å². The first-order valence-electron chi connectivity index (χ1n) is 9.39. The zero-order valence-corrected chi connectivity index (χ0v) is 15.6. The van der Waals surface area contributed by atoms with E-state index in [0.29, 0.717) is 31.7 Å². The van der Waals surface area contributed by atoms with Gasteiger partial charge < -0.3 is 14.5 Å². The predicted molar refractivity (Wildman–Crippen MR) is 102 cm³/mol. The highest BCUT2D eigenvalue weighted by molar-refractivity contribution is 6.08. The fourth-order valence-corrected chi connectivity index (χ4v) is 4.05. The van der Waals surface area contributed by atoms with Crippen molar-refractivity contribution < 1.29 is 14.3 Å². The van der Waals surface area contributed by atoms with Gasteiger partial charge in [-0.05, 0) is 49.4 Å². The van der Waals surface area contributed by atoms with Gasteiger partial charge in [0.25, 0.3) is 5.91 Å². The molecule has 6 nitrogen and oxygen atoms in total. The summed E-state index contributed by atoms with van der Waals surface area (Å²) in [6.45, 7) is 5.19. The van der Waals surface area contributed by atoms with Crippen molar-refractivity contribution in [2.45, 2.75) is 39.3 Å². The third-order valence-corrected chi connectivity index (χ3v) is 5.32. The standard InChI is InChI=1S/C21H23N3O3/c1-3-27-21(26)23-9-8-17-16(13-23)11-22-12-18(17)20(25)24-14(2)10-15-6-4-5-7-19(15)24/h4-7,11-12,14H,3,8-10,13H2,1-2H3. The number of fused-ring (bicyclic) bond motifs is 2. The number of carbonyl (C=O) groups is 2. The number of ether oxygens (including phenoxy) is 1. The fourth-order valence-electron chi connectivity index (χ4n) is 4.05. The summed E-state index contributed by atoms with van der Waals surface area (Å²) in [5.41, 5.74) is 4.73. The molecule has 1 unspecified atom stereocenters. The molecule has 2 aromatic rings. The van der Waals surface area contributed by atoms with Crippen LogP contribution in [0.15, 0.2) is 36.7 Å². The molecule has 6 heteroatoms. The Kier molecular flexibility index (Phi) is 4.56. The Morgan fingerprint density at radius 2 is 2.04 bits per heavy atom. The number of pyridine rings is 1. The van der Waals surface area contributed by atoms with Crippen LogP contribution in [0.5, 0.6) is 0 Å². The highest BCUT2D eigenvalue weighted by Gasteiger charge is 2.34. The molecule has 0 spiro atoms. The average Bonchev–Trinajstić information content (AvgIpc) is 3.02. The minimum atomic E-state index is -0.318. The summed E-state index contributed by atoms with van der Waals surface area (Å²) in [4.78, 5) is 33.2. The Balaban J connectivity index is 1.64. The Hall–Kier alpha value is -2.89. The zero-order chi connectivity index (χ0) is 19.0. The summed E-state index contributed by atoms with van der Waals surface area (Å²) in [5.74, 6) is -0.0126. The number of nitrogens with zero attached hydrogens (tertiary/aromatic N) is 3. The molecular weight excluding hydrogens is 342 g/mol. The molecule has 2 amide bonds. The van der Waals surface area contributed by atoms with Gasteiger partial charge in [-0.3, -0.25) is 9.78 Å². The molecule has 0 radical (unpaired) electrons. The molecule has 140 valence electrons. The van der Waals surface area contributed by atoms with E-state index in [4.69, 9.17) is 4.74 Å². The molecule has 2 aliphatic rings. The van der Waals surface area contributed by atoms with Gasteiger partial charge in [0.15, 0.2) is 0 Å². The number of aromatic nitrogens is 1. The van der Waals surface area contributed by atoms with Gasteiger partial charge in [0.05, 0.1) is 18.7 Å². The van der Waals surface area contributed by atoms with Gasteiger partial charge in [-0.2, -0.15) is 0 Å². The summed E-state index contributed by atoms with van der Waals surface area (Å²) < 4.78 is 5.10. The quantitative estimate of drug-likeness (QED) is 0.820. The van der Waals surface area contributed by atoms with E-state index in [9.17, 15) is 9.59 Å². The zero-order valence-electron chi connectivity index (χ0n) is 15.6. The van der Waals surface area contributed by atoms with Crippen molar-refractivity contribution in [3.8, 4) is 0 Å². The van der Waals surface area contributed by atoms with E-state index in [1.54, 1.807) is 24.2 Å². The second-order valence-corrected chi connectivity index (χ2v) is 7.05. The lowest BCUT2D eigenvalue weighted by Crippen LogP contribution is -2.39. The number of hydrogen-bond donors (Lipinski definition) is 0. The topological polar surface area (TPSA) is 62.7 Å². The number of amides is 2. The van der Waals surface area contributed by atoms with Crippen LogP contribution in [0.1, 0.15) is 40.9 Å². The van der Waals surface area contributed by atoms with Crippen molar-refractivity contribution in [3.05, 3.63) is 58.9 Å². The maximum atomic E-state index is 13.4. The SMILES string of the molecule is CCOC(=O)N1CCc2c(cncc2C(=O)N2c3ccccc3CC2C)C1. The van der Waals surface area contributed by atoms with Gasteiger partial charge in [-0.25, -0.2) is 4.79 Å². The minimum Gasteiger partial charge on any atom is -0.450 e. The van der Waals surface area contributed by atoms with Gasteiger partial charge in [-0.15, -0.1) is 0 Å². The maximum Gasteiger partial charge on any atom is 0.410 e. The molecular formula is C21H23N3O3. The lowest BCUT2D eigenvalue weighted by Gasteiger charge is -2.30. The number of para-hydroxylation sites is 1. The van der Waals surface area contributed by atoms with Crippen LogP contribution < -0.4 is 4.90 Å². The molecule has 0 bridgehead atoms. The molecule has 2 aliphatic heterocycles. The van der Waals surface area contributed by atoms with Gasteiger partial charge in [0.1, 0.15) is 0 Å². The molecule has 0 saturated heterocycles. The van der Waals surface area contributed by atoms with Crippen LogP contribution in [-0.4, -0.2) is 41.1 Å². The van der Waals surface area contributed by atoms with Gasteiger partial charge >= 0.3 is 6.09 Å². The highest BCUT2D eigenvalue weighted by atomic mass is 16.6. The van der Waals surface area contributed by atoms with Crippen molar-refractivity contribution in [2.24, 2.45) is 0 Å². The predicted octanol–water partition coefficient (Wildman–Crippen LogP) is 3.19. The molecule has 1 atom stereocenters. The Morgan fingerprint density at radius 3 is 2.85 bits per heavy atom. The summed E-state index contributed by atoms with van der Waals surface area (Å²) >= 11 is 0. The Labute approximate surface area is 158 Å². The Bertz CT molecular complexity index is 896. The van der Waals surface area contributed by atoms with E-state index < -0.39 is 0 Å². The molecule has 0 saturated carbocycles. The second kappa shape index (κ2) is 7.02. The molecule has 1 aromatic heterocycles. The van der Waals surface area contributed by atoms with E-state index in [2.05, 4.69) is 18.0 Å². The van der Waals surface area contributed by atoms with Gasteiger partial charge in [0, 0.05) is 30.7 Å². The normalized spacial score (nSPS) is 18.1. The van der Waals surface area contributed by atoms with Crippen LogP contribution in [0.25, 0.3) is 0 Å². The van der Waals surface area contributed by atoms with Crippen LogP contribution in [0.4, 0.5) is 10.5 Å². The number of hydrogen-bond acceptors (Lipinski definition) is 4. The summed E-state index contributed by atoms with van der Waals surface area (Å²) in [7, 11) is 0. The van der Waals surface area contributed by atoms with Crippen LogP contribution in [0, 0.1) is 0 Å². The summed E-state index contributed by atoms with van der Waals surface area (Å²) in [6.07, 6.45) is 4.58. The van der Waals surface area contributed by atoms with Crippen LogP contribution in [0.2, 0.25) is 0 Å². The van der Waals surface area contributed by atoms with Crippen molar-refractivity contribution in [2.75, 3.05) is 18.1 Å². The second-order valence-electron chi connectivity index (χ2n) is 7.05. The van der Waals surface area contributed by atoms with Crippen molar-refractivity contribution in [1.29, 1.82) is 0 Å². The number of anilines is 1. The first-order valence-corrected chi connectivity index (χ1v) is 9.39. The lowest BCUT2D eigenvalue weighted by atomic mass is 9.96. The van der Waals surface area contributed by atoms with Gasteiger partial charge in [0.2, 0.25) is 0 Å². The van der Waals surface area contributed by atoms with E-state index >= 15 is 0 Å². The lowest BCUT2D eigenvalue weighted by molar-refractivity contribution is 0.0976. The molecule has 0 aliphatic carbocycles. The van der Waals surface area contributed by atoms with E-state index in [1.807, 2.05) is 23.1 Å². The van der Waals surface area contributed by atoms with E-state index in [-0.39, 0.29) is 18.0 Å². The number of rotatable bonds is 2. The average molecular weight is 365 g/mol. The van der Waals surface area contributed by atoms with Crippen molar-refractivity contribution in [3.63, 3.8) is 0 Å². The smallest absolute Gasteiger partial charge is 0.410 e. The molecule has 27 heavy (non-hydrogen) atoms. The molecule has 0 fully saturated rings. The maximum absolute atomic E-state index is 13.4. The number of carbonyl (C=O) groups excluding carboxylic acids is 2. The largest absolute Gasteiger partial charge is 0.450 e. The molecule has 4 rings (SSSR count). The van der Waals surface area contributed by atoms with E-state index in [0.717, 1.165) is 23.2 Å². The first-order chi connectivity index (χ1) is 13.1. The fraction of sp³-hybridized carbons (Fsp3) is 0.381. The highest BCUT2D eigenvalue weighted by Crippen LogP contribution is 2.34. The number of benzene rings is 1. The third kappa shape index (κ3) is 3.05. The van der Waals surface area contributed by atoms with E-state index in [1.165, 1.54) is 5.56 Å². The van der Waals surface area contributed by atoms with Crippen LogP contribution in [-0.2, 0) is 24.1 Å². The molecule has 0 N–H and O–H groups in total. The van der Waals surface area contributed by atoms with Gasteiger partial charge in [-0.1, -0.05) is 18.2 Å². The van der Waals surface area contributed by atoms with Crippen molar-refractivity contribution in [1.82, 2.24) is 9.88 Å². The monoisotopic (exact) mass is 365 g/mol. The summed E-state index contributed by atoms with van der Waals surface area (Å²) in [6, 6.07) is 8.17.